The van der Waals surface area contributed by atoms with Gasteiger partial charge >= 0.3 is 0 Å². The van der Waals surface area contributed by atoms with E-state index in [-0.39, 0.29) is 0 Å². The van der Waals surface area contributed by atoms with Gasteiger partial charge in [0.2, 0.25) is 0 Å². The second kappa shape index (κ2) is 14.1. The summed E-state index contributed by atoms with van der Waals surface area (Å²) in [7, 11) is -2.06. The highest BCUT2D eigenvalue weighted by Gasteiger charge is 2.32. The first kappa shape index (κ1) is 34.6. The first-order valence-electron chi connectivity index (χ1n) is 20.5. The molecule has 0 heterocycles. The van der Waals surface area contributed by atoms with Crippen molar-refractivity contribution >= 4 is 123 Å². The van der Waals surface area contributed by atoms with Crippen molar-refractivity contribution in [2.75, 3.05) is 5.90 Å². The van der Waals surface area contributed by atoms with Gasteiger partial charge in [0.05, 0.1) is 0 Å². The van der Waals surface area contributed by atoms with Crippen molar-refractivity contribution < 1.29 is 0 Å². The van der Waals surface area contributed by atoms with Gasteiger partial charge in [-0.05, 0) is 148 Å². The lowest BCUT2D eigenvalue weighted by molar-refractivity contribution is 1.77. The van der Waals surface area contributed by atoms with Crippen molar-refractivity contribution in [1.82, 2.24) is 0 Å². The van der Waals surface area contributed by atoms with E-state index in [2.05, 4.69) is 218 Å². The molecule has 0 saturated carbocycles. The molecule has 0 atom stereocenters. The molecule has 0 N–H and O–H groups in total. The topological polar surface area (TPSA) is 0 Å². The van der Waals surface area contributed by atoms with Crippen LogP contribution in [0.4, 0.5) is 0 Å². The third-order valence-corrected chi connectivity index (χ3v) is 18.7. The number of hydrogen-bond donors (Lipinski definition) is 0. The van der Waals surface area contributed by atoms with E-state index >= 15 is 0 Å². The molecule has 2 heteroatoms. The Bertz CT molecular complexity index is 2930. The zero-order valence-corrected chi connectivity index (χ0v) is 34.2. The molecule has 0 aliphatic rings. The van der Waals surface area contributed by atoms with E-state index in [1.165, 1.54) is 107 Å². The van der Waals surface area contributed by atoms with Gasteiger partial charge in [-0.25, -0.2) is 0 Å². The van der Waals surface area contributed by atoms with E-state index < -0.39 is 15.8 Å². The lowest BCUT2D eigenvalue weighted by atomic mass is 10.0. The monoisotopic (exact) mass is 784 g/mol. The molecule has 0 amide bonds. The summed E-state index contributed by atoms with van der Waals surface area (Å²) in [6.07, 6.45) is 0. The fourth-order valence-corrected chi connectivity index (χ4v) is 17.6. The maximum atomic E-state index is 2.40. The third kappa shape index (κ3) is 5.67. The zero-order valence-electron chi connectivity index (χ0n) is 32.4. The van der Waals surface area contributed by atoms with Crippen LogP contribution in [0.1, 0.15) is 0 Å². The Kier molecular flexibility index (Phi) is 8.30. The molecule has 59 heavy (non-hydrogen) atoms. The van der Waals surface area contributed by atoms with Gasteiger partial charge in [-0.1, -0.05) is 194 Å². The van der Waals surface area contributed by atoms with E-state index in [9.17, 15) is 0 Å². The van der Waals surface area contributed by atoms with Gasteiger partial charge in [-0.3, -0.25) is 0 Å². The van der Waals surface area contributed by atoms with E-state index in [1.807, 2.05) is 0 Å². The van der Waals surface area contributed by atoms with Gasteiger partial charge in [0.25, 0.3) is 0 Å². The maximum Gasteiger partial charge on any atom is 0.00422 e. The van der Waals surface area contributed by atoms with Crippen molar-refractivity contribution in [3.05, 3.63) is 218 Å². The molecule has 0 spiro atoms. The van der Waals surface area contributed by atoms with Gasteiger partial charge in [0.1, 0.15) is 0 Å². The molecule has 12 rings (SSSR count). The minimum atomic E-state index is -1.03. The summed E-state index contributed by atoms with van der Waals surface area (Å²) in [5, 5.41) is 27.2. The summed E-state index contributed by atoms with van der Waals surface area (Å²) < 4.78 is 0. The molecule has 0 unspecified atom stereocenters. The van der Waals surface area contributed by atoms with Crippen LogP contribution >= 0.6 is 15.8 Å². The van der Waals surface area contributed by atoms with Crippen LogP contribution in [0.2, 0.25) is 0 Å². The number of fused-ring (bicyclic) bond motifs is 8. The summed E-state index contributed by atoms with van der Waals surface area (Å²) in [6.45, 7) is 0. The predicted octanol–water partition coefficient (Wildman–Crippen LogP) is 14.4. The fraction of sp³-hybridized carbons (Fsp3) is 0.0175. The molecule has 0 aromatic heterocycles. The van der Waals surface area contributed by atoms with Crippen LogP contribution in [0.3, 0.4) is 0 Å². The number of hydrogen-bond acceptors (Lipinski definition) is 0. The molecule has 0 saturated heterocycles. The lowest BCUT2D eigenvalue weighted by Crippen LogP contribution is -2.23. The zero-order chi connectivity index (χ0) is 38.9. The quantitative estimate of drug-likeness (QED) is 0.116. The summed E-state index contributed by atoms with van der Waals surface area (Å²) in [5.41, 5.74) is 0. The molecular formula is C57H38P2. The summed E-state index contributed by atoms with van der Waals surface area (Å²) >= 11 is 0. The standard InChI is InChI=1S/C57H38P2/c1-9-25-46-38(17-1)33-39-18-2-10-26-47(39)54(46)58(55-48-27-11-3-19-40(48)34-41-20-4-12-28-49(41)55)37-59(56-50-29-13-5-21-42(50)35-43-22-6-14-30-51(43)56)57-52-31-15-7-23-44(52)36-45-24-8-16-32-53(45)57/h1-36H,37H2. The molecule has 0 aliphatic carbocycles. The van der Waals surface area contributed by atoms with E-state index in [4.69, 9.17) is 0 Å². The van der Waals surface area contributed by atoms with Gasteiger partial charge < -0.3 is 0 Å². The largest absolute Gasteiger partial charge is 0.0616 e. The Balaban J connectivity index is 1.29. The van der Waals surface area contributed by atoms with E-state index in [1.54, 1.807) is 0 Å². The Morgan fingerprint density at radius 1 is 0.203 bits per heavy atom. The maximum absolute atomic E-state index is 2.40. The molecule has 0 bridgehead atoms. The average molecular weight is 785 g/mol. The highest BCUT2D eigenvalue weighted by molar-refractivity contribution is 7.90. The van der Waals surface area contributed by atoms with Crippen molar-refractivity contribution in [2.45, 2.75) is 0 Å². The normalized spacial score (nSPS) is 12.1. The average Bonchev–Trinajstić information content (AvgIpc) is 3.29. The van der Waals surface area contributed by atoms with Crippen LogP contribution in [0.15, 0.2) is 218 Å². The van der Waals surface area contributed by atoms with Gasteiger partial charge in [-0.2, -0.15) is 0 Å². The Labute approximate surface area is 345 Å². The molecule has 0 fully saturated rings. The molecule has 0 nitrogen and oxygen atoms in total. The van der Waals surface area contributed by atoms with Crippen LogP contribution in [0.25, 0.3) is 86.2 Å². The van der Waals surface area contributed by atoms with Crippen LogP contribution in [-0.4, -0.2) is 5.90 Å². The minimum absolute atomic E-state index is 0.983. The highest BCUT2D eigenvalue weighted by atomic mass is 31.2. The number of rotatable bonds is 6. The van der Waals surface area contributed by atoms with E-state index in [0.29, 0.717) is 0 Å². The van der Waals surface area contributed by atoms with Gasteiger partial charge in [0.15, 0.2) is 0 Å². The third-order valence-electron chi connectivity index (χ3n) is 12.3. The Hall–Kier alpha value is -6.42. The van der Waals surface area contributed by atoms with Gasteiger partial charge in [-0.15, -0.1) is 0 Å². The second-order valence-electron chi connectivity index (χ2n) is 15.7. The van der Waals surface area contributed by atoms with E-state index in [0.717, 1.165) is 5.90 Å². The molecule has 12 aromatic rings. The van der Waals surface area contributed by atoms with Crippen LogP contribution in [0.5, 0.6) is 0 Å². The summed E-state index contributed by atoms with van der Waals surface area (Å²) in [5.74, 6) is 0.983. The fourth-order valence-electron chi connectivity index (χ4n) is 9.77. The van der Waals surface area contributed by atoms with Crippen LogP contribution in [0, 0.1) is 0 Å². The van der Waals surface area contributed by atoms with Crippen LogP contribution in [-0.2, 0) is 0 Å². The van der Waals surface area contributed by atoms with Crippen molar-refractivity contribution in [2.24, 2.45) is 0 Å². The summed E-state index contributed by atoms with van der Waals surface area (Å²) in [6, 6.07) is 82.9. The minimum Gasteiger partial charge on any atom is -0.0616 e. The van der Waals surface area contributed by atoms with Gasteiger partial charge in [0, 0.05) is 5.90 Å². The molecule has 0 aliphatic heterocycles. The molecule has 0 radical (unpaired) electrons. The van der Waals surface area contributed by atoms with Crippen LogP contribution < -0.4 is 21.2 Å². The smallest absolute Gasteiger partial charge is 0.00422 e. The first-order valence-corrected chi connectivity index (χ1v) is 23.5. The SMILES string of the molecule is c1ccc2c(P(CP(c3c4ccccc4cc4ccccc34)c3c4ccccc4cc4ccccc34)c3c4ccccc4cc4ccccc34)c3ccccc3cc2c1. The first-order chi connectivity index (χ1) is 29.3. The molecular weight excluding hydrogens is 747 g/mol. The Morgan fingerprint density at radius 2 is 0.356 bits per heavy atom. The predicted molar refractivity (Wildman–Crippen MR) is 263 cm³/mol. The highest BCUT2D eigenvalue weighted by Crippen LogP contribution is 2.56. The van der Waals surface area contributed by atoms with Crippen molar-refractivity contribution in [1.29, 1.82) is 0 Å². The lowest BCUT2D eigenvalue weighted by Gasteiger charge is -2.32. The summed E-state index contributed by atoms with van der Waals surface area (Å²) in [4.78, 5) is 0. The van der Waals surface area contributed by atoms with Crippen molar-refractivity contribution in [3.63, 3.8) is 0 Å². The second-order valence-corrected chi connectivity index (χ2v) is 20.3. The molecule has 276 valence electrons. The van der Waals surface area contributed by atoms with Crippen molar-refractivity contribution in [3.8, 4) is 0 Å². The Morgan fingerprint density at radius 3 is 0.525 bits per heavy atom. The molecule has 12 aromatic carbocycles. The number of benzene rings is 12.